The third-order valence-electron chi connectivity index (χ3n) is 6.41. The zero-order valence-electron chi connectivity index (χ0n) is 29.0. The summed E-state index contributed by atoms with van der Waals surface area (Å²) < 4.78 is 0. The third kappa shape index (κ3) is 24.4. The number of aromatic amines is 2. The van der Waals surface area contributed by atoms with Crippen LogP contribution >= 0.6 is 0 Å². The topological polar surface area (TPSA) is 278 Å². The molecule has 17 heteroatoms. The lowest BCUT2D eigenvalue weighted by atomic mass is 9.98. The predicted octanol–water partition coefficient (Wildman–Crippen LogP) is -0.0632. The first-order valence-corrected chi connectivity index (χ1v) is 16.1. The lowest BCUT2D eigenvalue weighted by Gasteiger charge is -2.23. The summed E-state index contributed by atoms with van der Waals surface area (Å²) >= 11 is 0. The van der Waals surface area contributed by atoms with E-state index in [1.54, 1.807) is 24.8 Å². The summed E-state index contributed by atoms with van der Waals surface area (Å²) in [6.07, 6.45) is 9.57. The van der Waals surface area contributed by atoms with Gasteiger partial charge in [-0.25, -0.2) is 9.97 Å². The number of nitrogens with zero attached hydrogens (tertiary/aromatic N) is 4. The van der Waals surface area contributed by atoms with Gasteiger partial charge in [-0.3, -0.25) is 19.3 Å². The van der Waals surface area contributed by atoms with Crippen LogP contribution in [0.5, 0.6) is 0 Å². The maximum Gasteiger partial charge on any atom is 0.321 e. The van der Waals surface area contributed by atoms with Gasteiger partial charge in [0.25, 0.3) is 0 Å². The molecule has 0 spiro atoms. The number of rotatable bonds is 16. The van der Waals surface area contributed by atoms with Crippen LogP contribution in [-0.4, -0.2) is 134 Å². The first kappa shape index (κ1) is 45.7. The van der Waals surface area contributed by atoms with Gasteiger partial charge < -0.3 is 58.0 Å². The molecule has 0 amide bonds. The molecule has 0 aliphatic carbocycles. The van der Waals surface area contributed by atoms with Crippen LogP contribution in [0, 0.1) is 5.92 Å². The van der Waals surface area contributed by atoms with Crippen molar-refractivity contribution in [3.63, 3.8) is 0 Å². The Balaban J connectivity index is 0. The normalized spacial score (nSPS) is 14.4. The summed E-state index contributed by atoms with van der Waals surface area (Å²) in [5, 5.41) is 32.2. The zero-order valence-corrected chi connectivity index (χ0v) is 29.0. The second-order valence-electron chi connectivity index (χ2n) is 10.5. The highest BCUT2D eigenvalue weighted by atomic mass is 16.4. The second-order valence-corrected chi connectivity index (χ2v) is 10.5. The van der Waals surface area contributed by atoms with Gasteiger partial charge in [-0.15, -0.1) is 0 Å². The number of carboxylic acid groups (broad SMARTS) is 3. The highest BCUT2D eigenvalue weighted by Crippen LogP contribution is 2.09. The Hall–Kier alpha value is -3.45. The van der Waals surface area contributed by atoms with Crippen molar-refractivity contribution >= 4 is 17.9 Å². The van der Waals surface area contributed by atoms with Gasteiger partial charge in [-0.2, -0.15) is 0 Å². The number of imidazole rings is 2. The number of carboxylic acids is 3. The number of piperidine rings is 1. The molecule has 3 unspecified atom stereocenters. The molecule has 1 aliphatic rings. The van der Waals surface area contributed by atoms with Crippen LogP contribution in [0.15, 0.2) is 24.8 Å². The summed E-state index contributed by atoms with van der Waals surface area (Å²) in [5.74, 6) is -0.723. The monoisotopic (exact) mass is 671 g/mol. The molecular formula is C30H61N11O6. The fourth-order valence-corrected chi connectivity index (χ4v) is 3.87. The number of nitrogens with one attached hydrogen (secondary N) is 4. The molecule has 0 aromatic carbocycles. The quantitative estimate of drug-likeness (QED) is 0.112. The average molecular weight is 672 g/mol. The van der Waals surface area contributed by atoms with E-state index in [1.807, 2.05) is 51.6 Å². The highest BCUT2D eigenvalue weighted by Gasteiger charge is 2.19. The van der Waals surface area contributed by atoms with E-state index >= 15 is 0 Å². The van der Waals surface area contributed by atoms with E-state index in [-0.39, 0.29) is 6.54 Å². The van der Waals surface area contributed by atoms with Crippen molar-refractivity contribution in [3.05, 3.63) is 36.4 Å². The number of carbonyl (C=O) groups is 3. The summed E-state index contributed by atoms with van der Waals surface area (Å²) in [5.41, 5.74) is 16.2. The molecule has 17 nitrogen and oxygen atoms in total. The highest BCUT2D eigenvalue weighted by molar-refractivity contribution is 5.73. The maximum absolute atomic E-state index is 10.8. The number of hydrogen-bond acceptors (Lipinski definition) is 12. The molecule has 3 heterocycles. The molecule has 0 saturated carbocycles. The van der Waals surface area contributed by atoms with Crippen LogP contribution in [0.3, 0.4) is 0 Å². The van der Waals surface area contributed by atoms with E-state index in [9.17, 15) is 14.4 Å². The average Bonchev–Trinajstić information content (AvgIpc) is 3.77. The first-order valence-electron chi connectivity index (χ1n) is 16.1. The Morgan fingerprint density at radius 2 is 1.32 bits per heavy atom. The molecule has 0 bridgehead atoms. The van der Waals surface area contributed by atoms with E-state index in [2.05, 4.69) is 30.6 Å². The van der Waals surface area contributed by atoms with E-state index in [0.717, 1.165) is 44.1 Å². The number of aliphatic carboxylic acids is 3. The minimum absolute atomic E-state index is 0.219. The summed E-state index contributed by atoms with van der Waals surface area (Å²) in [6.45, 7) is 13.3. The number of H-pyrrole nitrogens is 2. The Bertz CT molecular complexity index is 983. The smallest absolute Gasteiger partial charge is 0.321 e. The molecule has 47 heavy (non-hydrogen) atoms. The maximum atomic E-state index is 10.8. The molecule has 2 aromatic rings. The standard InChI is InChI=1S/C11H16N6O2.C9H19N3O2.C6H14N2O2.2C2H6/c12-8(11(18)19)5-17(6-9-13-1-2-14-9)7-10-15-3-4-16-10;10-8(9(13)14)6-12-5-7-1-3-11-4-2-7;1-8(2)4-3-5(7)6(9)10;2*1-2/h1-4,8H,5-7,12H2,(H,13,14)(H,15,16)(H,18,19);7-8,11-12H,1-6,10H2,(H,13,14);5H,3-4,7H2,1-2H3,(H,9,10);2*1-2H3. The Morgan fingerprint density at radius 3 is 1.70 bits per heavy atom. The van der Waals surface area contributed by atoms with Gasteiger partial charge in [0, 0.05) is 37.9 Å². The second kappa shape index (κ2) is 28.7. The fourth-order valence-electron chi connectivity index (χ4n) is 3.87. The van der Waals surface area contributed by atoms with E-state index in [4.69, 9.17) is 32.5 Å². The van der Waals surface area contributed by atoms with Crippen LogP contribution in [0.2, 0.25) is 0 Å². The summed E-state index contributed by atoms with van der Waals surface area (Å²) in [4.78, 5) is 49.4. The molecule has 13 N–H and O–H groups in total. The molecule has 272 valence electrons. The van der Waals surface area contributed by atoms with Crippen molar-refractivity contribution in [1.82, 2.24) is 40.4 Å². The van der Waals surface area contributed by atoms with E-state index < -0.39 is 36.0 Å². The Kier molecular flexibility index (Phi) is 27.9. The number of aromatic nitrogens is 4. The molecule has 2 aromatic heterocycles. The van der Waals surface area contributed by atoms with Crippen LogP contribution in [-0.2, 0) is 27.5 Å². The molecular weight excluding hydrogens is 610 g/mol. The van der Waals surface area contributed by atoms with Crippen LogP contribution in [0.4, 0.5) is 0 Å². The minimum atomic E-state index is -1.02. The van der Waals surface area contributed by atoms with Gasteiger partial charge in [0.15, 0.2) is 0 Å². The SMILES string of the molecule is CC.CC.CN(C)CCC(N)C(=O)O.NC(CN(Cc1ncc[nH]1)Cc1ncc[nH]1)C(=O)O.NC(CNCC1CCNCC1)C(=O)O. The fraction of sp³-hybridized carbons (Fsp3) is 0.700. The van der Waals surface area contributed by atoms with Crippen molar-refractivity contribution in [2.24, 2.45) is 23.1 Å². The molecule has 1 fully saturated rings. The van der Waals surface area contributed by atoms with Crippen LogP contribution in [0.1, 0.15) is 58.6 Å². The van der Waals surface area contributed by atoms with E-state index in [1.165, 1.54) is 0 Å². The molecule has 1 aliphatic heterocycles. The summed E-state index contributed by atoms with van der Waals surface area (Å²) in [6, 6.07) is -2.44. The molecule has 0 radical (unpaired) electrons. The van der Waals surface area contributed by atoms with Gasteiger partial charge in [0.1, 0.15) is 29.8 Å². The van der Waals surface area contributed by atoms with Crippen LogP contribution < -0.4 is 27.8 Å². The zero-order chi connectivity index (χ0) is 36.2. The van der Waals surface area contributed by atoms with Gasteiger partial charge in [-0.05, 0) is 65.5 Å². The van der Waals surface area contributed by atoms with Crippen molar-refractivity contribution in [3.8, 4) is 0 Å². The first-order chi connectivity index (χ1) is 22.4. The van der Waals surface area contributed by atoms with Crippen molar-refractivity contribution in [2.75, 3.05) is 53.4 Å². The minimum Gasteiger partial charge on any atom is -0.480 e. The van der Waals surface area contributed by atoms with Crippen molar-refractivity contribution in [2.45, 2.75) is 78.2 Å². The van der Waals surface area contributed by atoms with Crippen molar-refractivity contribution < 1.29 is 29.7 Å². The Labute approximate surface area is 279 Å². The predicted molar refractivity (Wildman–Crippen MR) is 182 cm³/mol. The largest absolute Gasteiger partial charge is 0.480 e. The van der Waals surface area contributed by atoms with Gasteiger partial charge >= 0.3 is 17.9 Å². The van der Waals surface area contributed by atoms with Crippen LogP contribution in [0.25, 0.3) is 0 Å². The van der Waals surface area contributed by atoms with Gasteiger partial charge in [0.2, 0.25) is 0 Å². The Morgan fingerprint density at radius 1 is 0.851 bits per heavy atom. The lowest BCUT2D eigenvalue weighted by Crippen LogP contribution is -2.42. The van der Waals surface area contributed by atoms with Gasteiger partial charge in [0.05, 0.1) is 13.1 Å². The third-order valence-corrected chi connectivity index (χ3v) is 6.41. The van der Waals surface area contributed by atoms with Gasteiger partial charge in [-0.1, -0.05) is 27.7 Å². The molecule has 3 atom stereocenters. The van der Waals surface area contributed by atoms with Crippen molar-refractivity contribution in [1.29, 1.82) is 0 Å². The number of nitrogens with two attached hydrogens (primary N) is 3. The molecule has 3 rings (SSSR count). The molecule has 1 saturated heterocycles. The van der Waals surface area contributed by atoms with E-state index in [0.29, 0.717) is 38.5 Å². The number of hydrogen-bond donors (Lipinski definition) is 10. The lowest BCUT2D eigenvalue weighted by molar-refractivity contribution is -0.139. The summed E-state index contributed by atoms with van der Waals surface area (Å²) in [7, 11) is 3.77.